The number of ether oxygens (including phenoxy) is 4. The highest BCUT2D eigenvalue weighted by Crippen LogP contribution is 2.36. The van der Waals surface area contributed by atoms with Crippen molar-refractivity contribution < 1.29 is 28.5 Å². The number of carbonyl (C=O) groups is 2. The standard InChI is InChI=1S/C38H34N4O7S/c1-7-17-48-29-15-13-25(18-22(29)2)34-27(21-41(40-34)28-11-9-8-10-12-28)20-32-36(44)42-35(33(37(45)47-6)23(3)39-38(42)50-32)26-14-16-30(49-24(4)43)31(19-26)46-5/h7-16,18-21,35H,1,17H2,2-6H3/b32-20-/t35-/m1/s1. The maximum absolute atomic E-state index is 14.4. The summed E-state index contributed by atoms with van der Waals surface area (Å²) in [6.45, 7) is 9.06. The number of rotatable bonds is 10. The predicted octanol–water partition coefficient (Wildman–Crippen LogP) is 5.07. The lowest BCUT2D eigenvalue weighted by Gasteiger charge is -2.25. The minimum atomic E-state index is -0.904. The van der Waals surface area contributed by atoms with Gasteiger partial charge >= 0.3 is 11.9 Å². The molecule has 2 aromatic heterocycles. The van der Waals surface area contributed by atoms with Crippen molar-refractivity contribution in [2.45, 2.75) is 26.8 Å². The molecule has 5 aromatic rings. The van der Waals surface area contributed by atoms with Crippen LogP contribution >= 0.6 is 11.3 Å². The Hall–Kier alpha value is -6.01. The summed E-state index contributed by atoms with van der Waals surface area (Å²) in [5.41, 5.74) is 4.74. The molecule has 0 unspecified atom stereocenters. The van der Waals surface area contributed by atoms with Gasteiger partial charge in [-0.15, -0.1) is 0 Å². The van der Waals surface area contributed by atoms with E-state index in [1.807, 2.05) is 61.7 Å². The van der Waals surface area contributed by atoms with Gasteiger partial charge in [0.25, 0.3) is 5.56 Å². The molecule has 0 N–H and O–H groups in total. The summed E-state index contributed by atoms with van der Waals surface area (Å²) in [6.07, 6.45) is 5.36. The van der Waals surface area contributed by atoms with Crippen LogP contribution < -0.4 is 29.1 Å². The van der Waals surface area contributed by atoms with Gasteiger partial charge in [-0.3, -0.25) is 14.2 Å². The number of nitrogens with zero attached hydrogens (tertiary/aromatic N) is 4. The average Bonchev–Trinajstić information content (AvgIpc) is 3.67. The summed E-state index contributed by atoms with van der Waals surface area (Å²) in [5.74, 6) is 0.0520. The average molecular weight is 691 g/mol. The highest BCUT2D eigenvalue weighted by atomic mass is 32.1. The molecule has 0 saturated heterocycles. The molecule has 0 saturated carbocycles. The van der Waals surface area contributed by atoms with Gasteiger partial charge in [0.15, 0.2) is 16.3 Å². The minimum Gasteiger partial charge on any atom is -0.493 e. The zero-order chi connectivity index (χ0) is 35.5. The first-order valence-corrected chi connectivity index (χ1v) is 16.4. The fourth-order valence-electron chi connectivity index (χ4n) is 5.78. The van der Waals surface area contributed by atoms with E-state index in [1.165, 1.54) is 37.0 Å². The number of aromatic nitrogens is 3. The van der Waals surface area contributed by atoms with Crippen LogP contribution in [0.1, 0.15) is 36.6 Å². The molecule has 1 atom stereocenters. The van der Waals surface area contributed by atoms with Crippen LogP contribution in [0, 0.1) is 6.92 Å². The van der Waals surface area contributed by atoms with E-state index < -0.39 is 18.0 Å². The molecule has 0 amide bonds. The van der Waals surface area contributed by atoms with Crippen molar-refractivity contribution in [2.24, 2.45) is 4.99 Å². The van der Waals surface area contributed by atoms with Crippen LogP contribution in [0.4, 0.5) is 0 Å². The van der Waals surface area contributed by atoms with E-state index in [9.17, 15) is 14.4 Å². The highest BCUT2D eigenvalue weighted by Gasteiger charge is 2.34. The lowest BCUT2D eigenvalue weighted by molar-refractivity contribution is -0.136. The van der Waals surface area contributed by atoms with Crippen LogP contribution in [0.5, 0.6) is 17.2 Å². The smallest absolute Gasteiger partial charge is 0.338 e. The maximum atomic E-state index is 14.4. The van der Waals surface area contributed by atoms with Gasteiger partial charge in [-0.25, -0.2) is 14.5 Å². The highest BCUT2D eigenvalue weighted by molar-refractivity contribution is 7.07. The second kappa shape index (κ2) is 14.2. The Balaban J connectivity index is 1.54. The van der Waals surface area contributed by atoms with Crippen molar-refractivity contribution in [1.29, 1.82) is 0 Å². The Morgan fingerprint density at radius 1 is 1.00 bits per heavy atom. The quantitative estimate of drug-likeness (QED) is 0.113. The normalized spacial score (nSPS) is 14.1. The zero-order valence-electron chi connectivity index (χ0n) is 28.1. The van der Waals surface area contributed by atoms with E-state index in [0.717, 1.165) is 22.6 Å². The van der Waals surface area contributed by atoms with Crippen molar-refractivity contribution in [3.8, 4) is 34.2 Å². The monoisotopic (exact) mass is 690 g/mol. The van der Waals surface area contributed by atoms with Gasteiger partial charge in [-0.05, 0) is 73.5 Å². The van der Waals surface area contributed by atoms with Crippen molar-refractivity contribution >= 4 is 29.4 Å². The van der Waals surface area contributed by atoms with Crippen LogP contribution in [-0.4, -0.2) is 47.1 Å². The van der Waals surface area contributed by atoms with Crippen LogP contribution in [-0.2, 0) is 14.3 Å². The molecule has 0 bridgehead atoms. The van der Waals surface area contributed by atoms with E-state index in [-0.39, 0.29) is 22.6 Å². The van der Waals surface area contributed by atoms with Gasteiger partial charge in [-0.1, -0.05) is 48.3 Å². The van der Waals surface area contributed by atoms with E-state index in [2.05, 4.69) is 11.6 Å². The third-order valence-corrected chi connectivity index (χ3v) is 9.02. The molecule has 254 valence electrons. The lowest BCUT2D eigenvalue weighted by atomic mass is 9.95. The first kappa shape index (κ1) is 33.9. The largest absolute Gasteiger partial charge is 0.493 e. The molecule has 3 aromatic carbocycles. The number of hydrogen-bond acceptors (Lipinski definition) is 10. The predicted molar refractivity (Wildman–Crippen MR) is 190 cm³/mol. The Morgan fingerprint density at radius 3 is 2.44 bits per heavy atom. The maximum Gasteiger partial charge on any atom is 0.338 e. The van der Waals surface area contributed by atoms with Gasteiger partial charge in [-0.2, -0.15) is 5.10 Å². The number of aryl methyl sites for hydroxylation is 1. The first-order valence-electron chi connectivity index (χ1n) is 15.6. The summed E-state index contributed by atoms with van der Waals surface area (Å²) >= 11 is 1.20. The lowest BCUT2D eigenvalue weighted by Crippen LogP contribution is -2.39. The molecule has 1 aliphatic heterocycles. The van der Waals surface area contributed by atoms with Crippen molar-refractivity contribution in [2.75, 3.05) is 20.8 Å². The molecule has 1 aliphatic rings. The van der Waals surface area contributed by atoms with Gasteiger partial charge in [0.1, 0.15) is 18.1 Å². The van der Waals surface area contributed by atoms with Crippen LogP contribution in [0.2, 0.25) is 0 Å². The van der Waals surface area contributed by atoms with Crippen LogP contribution in [0.15, 0.2) is 107 Å². The molecule has 6 rings (SSSR count). The van der Waals surface area contributed by atoms with E-state index in [0.29, 0.717) is 38.5 Å². The number of esters is 2. The molecule has 50 heavy (non-hydrogen) atoms. The number of fused-ring (bicyclic) bond motifs is 1. The van der Waals surface area contributed by atoms with Crippen molar-refractivity contribution in [3.05, 3.63) is 133 Å². The number of thiazole rings is 1. The second-order valence-electron chi connectivity index (χ2n) is 11.4. The Labute approximate surface area is 291 Å². The number of allylic oxidation sites excluding steroid dienone is 1. The molecule has 0 fully saturated rings. The summed E-state index contributed by atoms with van der Waals surface area (Å²) < 4.78 is 25.4. The fourth-order valence-corrected chi connectivity index (χ4v) is 6.82. The second-order valence-corrected chi connectivity index (χ2v) is 12.4. The third-order valence-electron chi connectivity index (χ3n) is 8.04. The van der Waals surface area contributed by atoms with Gasteiger partial charge in [0, 0.05) is 24.2 Å². The SMILES string of the molecule is C=CCOc1ccc(-c2nn(-c3ccccc3)cc2/C=c2\sc3n(c2=O)[C@H](c2ccc(OC(C)=O)c(OC)c2)C(C(=O)OC)=C(C)N=3)cc1C. The summed E-state index contributed by atoms with van der Waals surface area (Å²) in [5, 5.41) is 4.94. The topological polar surface area (TPSA) is 123 Å². The summed E-state index contributed by atoms with van der Waals surface area (Å²) in [4.78, 5) is 44.4. The molecule has 0 spiro atoms. The van der Waals surface area contributed by atoms with E-state index in [4.69, 9.17) is 24.0 Å². The van der Waals surface area contributed by atoms with Gasteiger partial charge in [0.2, 0.25) is 0 Å². The third kappa shape index (κ3) is 6.52. The molecular weight excluding hydrogens is 657 g/mol. The number of benzene rings is 3. The Bertz CT molecular complexity index is 2350. The number of para-hydroxylation sites is 1. The molecule has 12 heteroatoms. The molecule has 0 radical (unpaired) electrons. The van der Waals surface area contributed by atoms with E-state index in [1.54, 1.807) is 42.0 Å². The zero-order valence-corrected chi connectivity index (χ0v) is 28.9. The van der Waals surface area contributed by atoms with E-state index >= 15 is 0 Å². The van der Waals surface area contributed by atoms with Crippen molar-refractivity contribution in [1.82, 2.24) is 14.3 Å². The molecule has 11 nitrogen and oxygen atoms in total. The molecule has 0 aliphatic carbocycles. The van der Waals surface area contributed by atoms with Crippen LogP contribution in [0.3, 0.4) is 0 Å². The summed E-state index contributed by atoms with van der Waals surface area (Å²) in [7, 11) is 2.72. The number of hydrogen-bond donors (Lipinski definition) is 0. The van der Waals surface area contributed by atoms with Crippen molar-refractivity contribution in [3.63, 3.8) is 0 Å². The fraction of sp³-hybridized carbons (Fsp3) is 0.184. The molecule has 3 heterocycles. The Kier molecular flexibility index (Phi) is 9.64. The van der Waals surface area contributed by atoms with Gasteiger partial charge < -0.3 is 18.9 Å². The first-order chi connectivity index (χ1) is 24.1. The number of carbonyl (C=O) groups excluding carboxylic acids is 2. The summed E-state index contributed by atoms with van der Waals surface area (Å²) in [6, 6.07) is 19.5. The number of methoxy groups -OCH3 is 2. The van der Waals surface area contributed by atoms with Gasteiger partial charge in [0.05, 0.1) is 41.8 Å². The Morgan fingerprint density at radius 2 is 1.76 bits per heavy atom. The molecular formula is C38H34N4O7S. The van der Waals surface area contributed by atoms with Crippen LogP contribution in [0.25, 0.3) is 23.0 Å². The minimum absolute atomic E-state index is 0.195.